The second-order valence-corrected chi connectivity index (χ2v) is 7.14. The van der Waals surface area contributed by atoms with E-state index in [9.17, 15) is 4.79 Å². The van der Waals surface area contributed by atoms with Crippen LogP contribution in [0.3, 0.4) is 0 Å². The van der Waals surface area contributed by atoms with Gasteiger partial charge in [0.25, 0.3) is 5.91 Å². The Labute approximate surface area is 152 Å². The standard InChI is InChI=1S/C19H24N4OS/c1-4-23-16-9-6-5-8-14(16)12-17(23)19-21-15(13-25-19)18(24)20-10-7-11-22(2)3/h5-6,8-9,12-13H,4,7,10-11H2,1-3H3,(H,20,24). The smallest absolute Gasteiger partial charge is 0.270 e. The Balaban J connectivity index is 1.76. The van der Waals surface area contributed by atoms with Crippen molar-refractivity contribution in [1.29, 1.82) is 0 Å². The van der Waals surface area contributed by atoms with E-state index in [0.29, 0.717) is 12.2 Å². The highest BCUT2D eigenvalue weighted by molar-refractivity contribution is 7.13. The Hall–Kier alpha value is -2.18. The van der Waals surface area contributed by atoms with Gasteiger partial charge in [0.1, 0.15) is 10.7 Å². The van der Waals surface area contributed by atoms with Crippen LogP contribution in [0, 0.1) is 0 Å². The molecule has 0 atom stereocenters. The number of thiazole rings is 1. The van der Waals surface area contributed by atoms with E-state index >= 15 is 0 Å². The highest BCUT2D eigenvalue weighted by atomic mass is 32.1. The maximum Gasteiger partial charge on any atom is 0.270 e. The molecule has 0 fully saturated rings. The molecule has 6 heteroatoms. The van der Waals surface area contributed by atoms with Crippen molar-refractivity contribution in [2.24, 2.45) is 0 Å². The van der Waals surface area contributed by atoms with Crippen LogP contribution in [0.25, 0.3) is 21.6 Å². The molecule has 2 heterocycles. The van der Waals surface area contributed by atoms with Crippen LogP contribution < -0.4 is 5.32 Å². The number of rotatable bonds is 7. The number of fused-ring (bicyclic) bond motifs is 1. The number of amides is 1. The van der Waals surface area contributed by atoms with Crippen LogP contribution in [-0.2, 0) is 6.54 Å². The van der Waals surface area contributed by atoms with Crippen LogP contribution in [-0.4, -0.2) is 47.5 Å². The molecule has 3 rings (SSSR count). The summed E-state index contributed by atoms with van der Waals surface area (Å²) in [5.41, 5.74) is 2.77. The fraction of sp³-hybridized carbons (Fsp3) is 0.368. The van der Waals surface area contributed by atoms with E-state index in [4.69, 9.17) is 0 Å². The summed E-state index contributed by atoms with van der Waals surface area (Å²) in [6, 6.07) is 10.5. The van der Waals surface area contributed by atoms with Gasteiger partial charge in [0.2, 0.25) is 0 Å². The second-order valence-electron chi connectivity index (χ2n) is 6.28. The van der Waals surface area contributed by atoms with Crippen molar-refractivity contribution in [3.05, 3.63) is 41.4 Å². The molecule has 132 valence electrons. The molecule has 0 saturated heterocycles. The van der Waals surface area contributed by atoms with Gasteiger partial charge in [-0.15, -0.1) is 11.3 Å². The van der Waals surface area contributed by atoms with Gasteiger partial charge in [0.15, 0.2) is 0 Å². The van der Waals surface area contributed by atoms with Crippen molar-refractivity contribution < 1.29 is 4.79 Å². The predicted octanol–water partition coefficient (Wildman–Crippen LogP) is 3.47. The van der Waals surface area contributed by atoms with Crippen LogP contribution in [0.1, 0.15) is 23.8 Å². The first-order chi connectivity index (χ1) is 12.1. The average molecular weight is 356 g/mol. The van der Waals surface area contributed by atoms with Crippen molar-refractivity contribution in [2.45, 2.75) is 19.9 Å². The fourth-order valence-electron chi connectivity index (χ4n) is 2.91. The lowest BCUT2D eigenvalue weighted by Crippen LogP contribution is -2.27. The van der Waals surface area contributed by atoms with Crippen LogP contribution >= 0.6 is 11.3 Å². The first-order valence-corrected chi connectivity index (χ1v) is 9.45. The van der Waals surface area contributed by atoms with Crippen molar-refractivity contribution in [1.82, 2.24) is 19.8 Å². The van der Waals surface area contributed by atoms with Gasteiger partial charge >= 0.3 is 0 Å². The summed E-state index contributed by atoms with van der Waals surface area (Å²) in [5, 5.41) is 6.87. The number of aromatic nitrogens is 2. The molecule has 0 aliphatic heterocycles. The van der Waals surface area contributed by atoms with E-state index in [0.717, 1.165) is 30.2 Å². The van der Waals surface area contributed by atoms with Crippen LogP contribution in [0.15, 0.2) is 35.7 Å². The van der Waals surface area contributed by atoms with Crippen molar-refractivity contribution in [3.63, 3.8) is 0 Å². The van der Waals surface area contributed by atoms with Gasteiger partial charge in [-0.05, 0) is 46.1 Å². The van der Waals surface area contributed by atoms with Crippen molar-refractivity contribution in [2.75, 3.05) is 27.2 Å². The minimum atomic E-state index is -0.0968. The summed E-state index contributed by atoms with van der Waals surface area (Å²) in [4.78, 5) is 19.0. The van der Waals surface area contributed by atoms with Crippen LogP contribution in [0.5, 0.6) is 0 Å². The van der Waals surface area contributed by atoms with Crippen LogP contribution in [0.4, 0.5) is 0 Å². The monoisotopic (exact) mass is 356 g/mol. The van der Waals surface area contributed by atoms with Gasteiger partial charge in [0, 0.05) is 29.4 Å². The highest BCUT2D eigenvalue weighted by Crippen LogP contribution is 2.30. The number of aryl methyl sites for hydroxylation is 1. The molecule has 0 saturated carbocycles. The SMILES string of the molecule is CCn1c(-c2nc(C(=O)NCCCN(C)C)cs2)cc2ccccc21. The summed E-state index contributed by atoms with van der Waals surface area (Å²) in [6.07, 6.45) is 0.930. The van der Waals surface area contributed by atoms with E-state index < -0.39 is 0 Å². The average Bonchev–Trinajstić information content (AvgIpc) is 3.22. The molecule has 0 unspecified atom stereocenters. The molecular weight excluding hydrogens is 332 g/mol. The zero-order valence-corrected chi connectivity index (χ0v) is 15.8. The molecule has 0 aliphatic carbocycles. The minimum absolute atomic E-state index is 0.0968. The summed E-state index contributed by atoms with van der Waals surface area (Å²) < 4.78 is 2.24. The molecule has 0 spiro atoms. The fourth-order valence-corrected chi connectivity index (χ4v) is 3.74. The number of nitrogens with one attached hydrogen (secondary N) is 1. The third-order valence-corrected chi connectivity index (χ3v) is 5.02. The molecule has 0 radical (unpaired) electrons. The Morgan fingerprint density at radius 3 is 2.88 bits per heavy atom. The van der Waals surface area contributed by atoms with Gasteiger partial charge < -0.3 is 14.8 Å². The van der Waals surface area contributed by atoms with Gasteiger partial charge in [-0.1, -0.05) is 18.2 Å². The molecule has 25 heavy (non-hydrogen) atoms. The van der Waals surface area contributed by atoms with Gasteiger partial charge in [-0.25, -0.2) is 4.98 Å². The number of hydrogen-bond acceptors (Lipinski definition) is 4. The van der Waals surface area contributed by atoms with Gasteiger partial charge in [0.05, 0.1) is 5.69 Å². The highest BCUT2D eigenvalue weighted by Gasteiger charge is 2.15. The maximum absolute atomic E-state index is 12.3. The number of carbonyl (C=O) groups is 1. The minimum Gasteiger partial charge on any atom is -0.351 e. The quantitative estimate of drug-likeness (QED) is 0.660. The molecule has 2 aromatic heterocycles. The largest absolute Gasteiger partial charge is 0.351 e. The number of hydrogen-bond donors (Lipinski definition) is 1. The third kappa shape index (κ3) is 3.91. The Kier molecular flexibility index (Phi) is 5.50. The lowest BCUT2D eigenvalue weighted by atomic mass is 10.2. The Bertz CT molecular complexity index is 865. The first kappa shape index (κ1) is 17.6. The third-order valence-electron chi connectivity index (χ3n) is 4.15. The van der Waals surface area contributed by atoms with Crippen molar-refractivity contribution >= 4 is 28.1 Å². The lowest BCUT2D eigenvalue weighted by molar-refractivity contribution is 0.0948. The molecule has 5 nitrogen and oxygen atoms in total. The van der Waals surface area contributed by atoms with Gasteiger partial charge in [-0.3, -0.25) is 4.79 Å². The van der Waals surface area contributed by atoms with Crippen molar-refractivity contribution in [3.8, 4) is 10.7 Å². The number of nitrogens with zero attached hydrogens (tertiary/aromatic N) is 3. The Morgan fingerprint density at radius 2 is 2.12 bits per heavy atom. The summed E-state index contributed by atoms with van der Waals surface area (Å²) in [5.74, 6) is -0.0968. The molecule has 3 aromatic rings. The molecule has 0 bridgehead atoms. The normalized spacial score (nSPS) is 11.4. The summed E-state index contributed by atoms with van der Waals surface area (Å²) >= 11 is 1.52. The topological polar surface area (TPSA) is 50.2 Å². The molecule has 1 amide bonds. The van der Waals surface area contributed by atoms with E-state index in [1.165, 1.54) is 22.2 Å². The zero-order valence-electron chi connectivity index (χ0n) is 15.0. The maximum atomic E-state index is 12.3. The molecule has 1 N–H and O–H groups in total. The Morgan fingerprint density at radius 1 is 1.32 bits per heavy atom. The number of para-hydroxylation sites is 1. The predicted molar refractivity (Wildman–Crippen MR) is 104 cm³/mol. The zero-order chi connectivity index (χ0) is 17.8. The lowest BCUT2D eigenvalue weighted by Gasteiger charge is -2.09. The van der Waals surface area contributed by atoms with Gasteiger partial charge in [-0.2, -0.15) is 0 Å². The van der Waals surface area contributed by atoms with E-state index in [-0.39, 0.29) is 5.91 Å². The van der Waals surface area contributed by atoms with Crippen LogP contribution in [0.2, 0.25) is 0 Å². The second kappa shape index (κ2) is 7.80. The van der Waals surface area contributed by atoms with E-state index in [2.05, 4.69) is 44.9 Å². The first-order valence-electron chi connectivity index (χ1n) is 8.57. The summed E-state index contributed by atoms with van der Waals surface area (Å²) in [6.45, 7) is 4.62. The molecular formula is C19H24N4OS. The number of benzene rings is 1. The molecule has 1 aromatic carbocycles. The van der Waals surface area contributed by atoms with E-state index in [1.807, 2.05) is 31.6 Å². The number of carbonyl (C=O) groups excluding carboxylic acids is 1. The molecule has 0 aliphatic rings. The summed E-state index contributed by atoms with van der Waals surface area (Å²) in [7, 11) is 4.06. The van der Waals surface area contributed by atoms with E-state index in [1.54, 1.807) is 0 Å².